The van der Waals surface area contributed by atoms with E-state index in [9.17, 15) is 9.90 Å². The molecular formula is C44H60N4O4. The Morgan fingerprint density at radius 3 is 2.10 bits per heavy atom. The quantitative estimate of drug-likeness (QED) is 0.0832. The van der Waals surface area contributed by atoms with Gasteiger partial charge in [0, 0.05) is 23.7 Å². The molecule has 3 aromatic carbocycles. The zero-order valence-corrected chi connectivity index (χ0v) is 31.6. The second kappa shape index (κ2) is 21.1. The van der Waals surface area contributed by atoms with Gasteiger partial charge in [0.05, 0.1) is 36.0 Å². The van der Waals surface area contributed by atoms with Crippen LogP contribution in [0.2, 0.25) is 0 Å². The van der Waals surface area contributed by atoms with Crippen LogP contribution in [-0.2, 0) is 16.1 Å². The maximum absolute atomic E-state index is 13.3. The van der Waals surface area contributed by atoms with Crippen molar-refractivity contribution in [2.24, 2.45) is 5.92 Å². The molecule has 4 atom stereocenters. The fourth-order valence-corrected chi connectivity index (χ4v) is 7.13. The number of nitrogens with one attached hydrogen (secondary N) is 1. The maximum Gasteiger partial charge on any atom is 0.275 e. The number of unbranched alkanes of at least 4 members (excludes halogenated alkanes) is 10. The molecule has 1 aliphatic rings. The summed E-state index contributed by atoms with van der Waals surface area (Å²) >= 11 is 0. The second-order valence-electron chi connectivity index (χ2n) is 14.5. The Bertz CT molecular complexity index is 1630. The molecule has 1 aromatic heterocycles. The normalized spacial score (nSPS) is 18.9. The zero-order chi connectivity index (χ0) is 36.5. The van der Waals surface area contributed by atoms with E-state index in [1.165, 1.54) is 83.2 Å². The second-order valence-corrected chi connectivity index (χ2v) is 14.5. The third-order valence-electron chi connectivity index (χ3n) is 10.3. The zero-order valence-electron chi connectivity index (χ0n) is 31.6. The molecule has 280 valence electrons. The predicted molar refractivity (Wildman–Crippen MR) is 210 cm³/mol. The number of amides is 1. The lowest BCUT2D eigenvalue weighted by molar-refractivity contribution is -0.276. The molecule has 2 heterocycles. The van der Waals surface area contributed by atoms with Crippen LogP contribution in [0.25, 0.3) is 11.0 Å². The summed E-state index contributed by atoms with van der Waals surface area (Å²) in [5.41, 5.74) is 5.10. The molecule has 5 rings (SSSR count). The number of anilines is 1. The highest BCUT2D eigenvalue weighted by Crippen LogP contribution is 2.42. The molecule has 1 amide bonds. The van der Waals surface area contributed by atoms with Gasteiger partial charge in [-0.2, -0.15) is 0 Å². The average molecular weight is 709 g/mol. The fourth-order valence-electron chi connectivity index (χ4n) is 7.13. The molecule has 8 heteroatoms. The highest BCUT2D eigenvalue weighted by Gasteiger charge is 2.39. The van der Waals surface area contributed by atoms with Crippen LogP contribution in [0, 0.1) is 5.92 Å². The summed E-state index contributed by atoms with van der Waals surface area (Å²) in [6.45, 7) is 9.78. The van der Waals surface area contributed by atoms with E-state index < -0.39 is 6.29 Å². The number of nitrogens with zero attached hydrogens (tertiary/aromatic N) is 3. The first kappa shape index (κ1) is 39.5. The van der Waals surface area contributed by atoms with Gasteiger partial charge in [-0.3, -0.25) is 9.78 Å². The average Bonchev–Trinajstić information content (AvgIpc) is 3.18. The molecule has 8 nitrogen and oxygen atoms in total. The number of hydrogen-bond acceptors (Lipinski definition) is 7. The first-order valence-corrected chi connectivity index (χ1v) is 19.8. The number of carbonyl (C=O) groups is 1. The first-order chi connectivity index (χ1) is 25.5. The van der Waals surface area contributed by atoms with Crippen LogP contribution in [0.15, 0.2) is 79.0 Å². The molecular weight excluding hydrogens is 649 g/mol. The minimum Gasteiger partial charge on any atom is -0.392 e. The van der Waals surface area contributed by atoms with Crippen molar-refractivity contribution in [3.63, 3.8) is 0 Å². The number of ether oxygens (including phenoxy) is 2. The number of rotatable bonds is 21. The van der Waals surface area contributed by atoms with Crippen molar-refractivity contribution in [3.8, 4) is 0 Å². The molecule has 1 fully saturated rings. The molecule has 0 radical (unpaired) electrons. The van der Waals surface area contributed by atoms with Gasteiger partial charge < -0.3 is 24.8 Å². The molecule has 0 aliphatic carbocycles. The Morgan fingerprint density at radius 1 is 0.769 bits per heavy atom. The standard InChI is InChI=1S/C44H60N4O4/c1-4-6-8-10-12-16-27-48(28-17-13-11-9-7-5-2)31-41-33(3)42(35-25-23-34(32-49)24-26-35)52-44(51-41)36-19-18-20-37(29-36)46-43(50)40-30-45-38-21-14-15-22-39(38)47-40/h14-15,18-26,29-30,33,41-42,44,49H,4-13,16-17,27-28,31-32H2,1-3H3,(H,46,50). The largest absolute Gasteiger partial charge is 0.392 e. The number of aromatic nitrogens is 2. The molecule has 0 saturated carbocycles. The number of hydrogen-bond donors (Lipinski definition) is 2. The van der Waals surface area contributed by atoms with Crippen molar-refractivity contribution in [2.75, 3.05) is 25.0 Å². The Labute approximate surface area is 311 Å². The minimum atomic E-state index is -0.619. The van der Waals surface area contributed by atoms with E-state index in [1.54, 1.807) is 0 Å². The summed E-state index contributed by atoms with van der Waals surface area (Å²) in [6.07, 6.45) is 16.0. The first-order valence-electron chi connectivity index (χ1n) is 19.8. The number of benzene rings is 3. The molecule has 0 spiro atoms. The number of fused-ring (bicyclic) bond motifs is 1. The molecule has 2 N–H and O–H groups in total. The van der Waals surface area contributed by atoms with Gasteiger partial charge in [-0.15, -0.1) is 0 Å². The number of carbonyl (C=O) groups excluding carboxylic acids is 1. The van der Waals surface area contributed by atoms with Crippen LogP contribution >= 0.6 is 0 Å². The summed E-state index contributed by atoms with van der Waals surface area (Å²) in [4.78, 5) is 24.8. The van der Waals surface area contributed by atoms with E-state index in [-0.39, 0.29) is 36.3 Å². The van der Waals surface area contributed by atoms with Gasteiger partial charge in [0.15, 0.2) is 6.29 Å². The number of para-hydroxylation sites is 2. The van der Waals surface area contributed by atoms with Crippen molar-refractivity contribution < 1.29 is 19.4 Å². The summed E-state index contributed by atoms with van der Waals surface area (Å²) in [6, 6.07) is 23.3. The number of aliphatic hydroxyl groups is 1. The van der Waals surface area contributed by atoms with E-state index in [1.807, 2.05) is 60.7 Å². The lowest BCUT2D eigenvalue weighted by atomic mass is 9.90. The third-order valence-corrected chi connectivity index (χ3v) is 10.3. The minimum absolute atomic E-state index is 0.00483. The van der Waals surface area contributed by atoms with Crippen LogP contribution in [0.5, 0.6) is 0 Å². The topological polar surface area (TPSA) is 96.8 Å². The van der Waals surface area contributed by atoms with Crippen molar-refractivity contribution in [2.45, 2.75) is 123 Å². The van der Waals surface area contributed by atoms with E-state index >= 15 is 0 Å². The Hall–Kier alpha value is -3.69. The highest BCUT2D eigenvalue weighted by atomic mass is 16.7. The SMILES string of the molecule is CCCCCCCCN(CCCCCCCC)CC1OC(c2cccc(NC(=O)c3cnc4ccccc4n3)c2)OC(c2ccc(CO)cc2)C1C. The Morgan fingerprint density at radius 2 is 1.42 bits per heavy atom. The van der Waals surface area contributed by atoms with E-state index in [4.69, 9.17) is 9.47 Å². The van der Waals surface area contributed by atoms with Crippen LogP contribution in [0.4, 0.5) is 5.69 Å². The van der Waals surface area contributed by atoms with Gasteiger partial charge in [0.1, 0.15) is 5.69 Å². The monoisotopic (exact) mass is 708 g/mol. The molecule has 1 aliphatic heterocycles. The van der Waals surface area contributed by atoms with Crippen LogP contribution in [-0.4, -0.2) is 51.6 Å². The van der Waals surface area contributed by atoms with Crippen molar-refractivity contribution >= 4 is 22.6 Å². The lowest BCUT2D eigenvalue weighted by Gasteiger charge is -2.43. The van der Waals surface area contributed by atoms with Gasteiger partial charge in [0.25, 0.3) is 5.91 Å². The van der Waals surface area contributed by atoms with Crippen LogP contribution in [0.1, 0.15) is 137 Å². The van der Waals surface area contributed by atoms with Gasteiger partial charge in [0.2, 0.25) is 0 Å². The summed E-state index contributed by atoms with van der Waals surface area (Å²) in [5.74, 6) is -0.225. The van der Waals surface area contributed by atoms with Crippen LogP contribution < -0.4 is 5.32 Å². The van der Waals surface area contributed by atoms with Crippen LogP contribution in [0.3, 0.4) is 0 Å². The smallest absolute Gasteiger partial charge is 0.275 e. The number of aliphatic hydroxyl groups excluding tert-OH is 1. The van der Waals surface area contributed by atoms with Gasteiger partial charge in [-0.05, 0) is 61.3 Å². The molecule has 0 bridgehead atoms. The summed E-state index contributed by atoms with van der Waals surface area (Å²) < 4.78 is 13.7. The predicted octanol–water partition coefficient (Wildman–Crippen LogP) is 10.2. The summed E-state index contributed by atoms with van der Waals surface area (Å²) in [7, 11) is 0. The van der Waals surface area contributed by atoms with E-state index in [2.05, 4.69) is 53.1 Å². The lowest BCUT2D eigenvalue weighted by Crippen LogP contribution is -2.45. The van der Waals surface area contributed by atoms with Crippen molar-refractivity contribution in [3.05, 3.63) is 101 Å². The van der Waals surface area contributed by atoms with Gasteiger partial charge >= 0.3 is 0 Å². The molecule has 4 aromatic rings. The van der Waals surface area contributed by atoms with Crippen molar-refractivity contribution in [1.82, 2.24) is 14.9 Å². The van der Waals surface area contributed by atoms with E-state index in [0.717, 1.165) is 41.8 Å². The Kier molecular flexibility index (Phi) is 16.1. The van der Waals surface area contributed by atoms with Gasteiger partial charge in [-0.25, -0.2) is 4.98 Å². The maximum atomic E-state index is 13.3. The third kappa shape index (κ3) is 11.7. The molecule has 1 saturated heterocycles. The fraction of sp³-hybridized carbons (Fsp3) is 0.523. The summed E-state index contributed by atoms with van der Waals surface area (Å²) in [5, 5.41) is 12.7. The van der Waals surface area contributed by atoms with Gasteiger partial charge in [-0.1, -0.05) is 134 Å². The van der Waals surface area contributed by atoms with Crippen molar-refractivity contribution in [1.29, 1.82) is 0 Å². The molecule has 4 unspecified atom stereocenters. The highest BCUT2D eigenvalue weighted by molar-refractivity contribution is 6.03. The molecule has 52 heavy (non-hydrogen) atoms. The Balaban J connectivity index is 1.33. The van der Waals surface area contributed by atoms with E-state index in [0.29, 0.717) is 11.2 Å².